The van der Waals surface area contributed by atoms with E-state index in [0.717, 1.165) is 22.5 Å². The number of rotatable bonds is 3. The van der Waals surface area contributed by atoms with Crippen LogP contribution in [0.2, 0.25) is 0 Å². The van der Waals surface area contributed by atoms with Crippen LogP contribution in [0.5, 0.6) is 0 Å². The average Bonchev–Trinajstić information content (AvgIpc) is 2.31. The van der Waals surface area contributed by atoms with Crippen molar-refractivity contribution in [2.75, 3.05) is 14.1 Å². The quantitative estimate of drug-likeness (QED) is 0.861. The van der Waals surface area contributed by atoms with Crippen LogP contribution in [0.1, 0.15) is 11.3 Å². The van der Waals surface area contributed by atoms with Crippen molar-refractivity contribution in [3.63, 3.8) is 0 Å². The van der Waals surface area contributed by atoms with Gasteiger partial charge in [-0.15, -0.1) is 0 Å². The molecule has 0 saturated carbocycles. The standard InChI is InChI=1S/C8H13BrN2O/c1-11(2)5-6-3-7(4-10)12-8(6)9/h3H,4-5,10H2,1-2H3. The molecular formula is C8H13BrN2O. The Hall–Kier alpha value is -0.320. The van der Waals surface area contributed by atoms with Crippen LogP contribution in [0.25, 0.3) is 0 Å². The molecule has 2 N–H and O–H groups in total. The summed E-state index contributed by atoms with van der Waals surface area (Å²) in [7, 11) is 4.03. The van der Waals surface area contributed by atoms with Crippen molar-refractivity contribution >= 4 is 15.9 Å². The summed E-state index contributed by atoms with van der Waals surface area (Å²) in [5, 5.41) is 0. The van der Waals surface area contributed by atoms with Crippen LogP contribution in [-0.2, 0) is 13.1 Å². The Morgan fingerprint density at radius 2 is 2.25 bits per heavy atom. The predicted molar refractivity (Wildman–Crippen MR) is 51.7 cm³/mol. The van der Waals surface area contributed by atoms with Gasteiger partial charge in [0.2, 0.25) is 0 Å². The molecule has 0 radical (unpaired) electrons. The third-order valence-electron chi connectivity index (χ3n) is 1.50. The van der Waals surface area contributed by atoms with Gasteiger partial charge in [0.15, 0.2) is 4.67 Å². The van der Waals surface area contributed by atoms with E-state index in [4.69, 9.17) is 10.2 Å². The smallest absolute Gasteiger partial charge is 0.173 e. The van der Waals surface area contributed by atoms with E-state index in [-0.39, 0.29) is 0 Å². The van der Waals surface area contributed by atoms with Crippen LogP contribution >= 0.6 is 15.9 Å². The van der Waals surface area contributed by atoms with E-state index in [9.17, 15) is 0 Å². The van der Waals surface area contributed by atoms with E-state index in [1.807, 2.05) is 20.2 Å². The third kappa shape index (κ3) is 2.33. The number of furan rings is 1. The molecule has 1 heterocycles. The van der Waals surface area contributed by atoms with E-state index in [1.54, 1.807) is 0 Å². The van der Waals surface area contributed by atoms with E-state index in [2.05, 4.69) is 20.8 Å². The second-order valence-corrected chi connectivity index (χ2v) is 3.67. The summed E-state index contributed by atoms with van der Waals surface area (Å²) in [6, 6.07) is 1.98. The SMILES string of the molecule is CN(C)Cc1cc(CN)oc1Br. The molecule has 4 heteroatoms. The Labute approximate surface area is 80.7 Å². The first-order valence-electron chi connectivity index (χ1n) is 3.75. The van der Waals surface area contributed by atoms with E-state index in [0.29, 0.717) is 6.54 Å². The Bertz CT molecular complexity index is 258. The maximum absolute atomic E-state index is 5.43. The van der Waals surface area contributed by atoms with Crippen molar-refractivity contribution in [2.45, 2.75) is 13.1 Å². The zero-order valence-corrected chi connectivity index (χ0v) is 8.89. The van der Waals surface area contributed by atoms with Gasteiger partial charge in [0, 0.05) is 12.1 Å². The lowest BCUT2D eigenvalue weighted by Gasteiger charge is -2.06. The average molecular weight is 233 g/mol. The normalized spacial score (nSPS) is 11.1. The highest BCUT2D eigenvalue weighted by Gasteiger charge is 2.07. The van der Waals surface area contributed by atoms with Crippen molar-refractivity contribution in [3.05, 3.63) is 22.1 Å². The van der Waals surface area contributed by atoms with Crippen LogP contribution in [0.4, 0.5) is 0 Å². The summed E-state index contributed by atoms with van der Waals surface area (Å²) >= 11 is 3.34. The Balaban J connectivity index is 2.77. The minimum absolute atomic E-state index is 0.450. The van der Waals surface area contributed by atoms with Crippen LogP contribution in [0, 0.1) is 0 Å². The van der Waals surface area contributed by atoms with Gasteiger partial charge in [-0.3, -0.25) is 0 Å². The zero-order chi connectivity index (χ0) is 9.14. The molecule has 0 atom stereocenters. The van der Waals surface area contributed by atoms with Gasteiger partial charge in [0.05, 0.1) is 6.54 Å². The minimum Gasteiger partial charge on any atom is -0.453 e. The van der Waals surface area contributed by atoms with Gasteiger partial charge < -0.3 is 15.1 Å². The summed E-state index contributed by atoms with van der Waals surface area (Å²) in [6.45, 7) is 1.32. The molecule has 0 amide bonds. The summed E-state index contributed by atoms with van der Waals surface area (Å²) in [6.07, 6.45) is 0. The van der Waals surface area contributed by atoms with Gasteiger partial charge in [-0.2, -0.15) is 0 Å². The third-order valence-corrected chi connectivity index (χ3v) is 2.17. The van der Waals surface area contributed by atoms with Gasteiger partial charge in [0.25, 0.3) is 0 Å². The molecule has 0 saturated heterocycles. The number of nitrogens with two attached hydrogens (primary N) is 1. The van der Waals surface area contributed by atoms with Crippen molar-refractivity contribution in [3.8, 4) is 0 Å². The molecule has 3 nitrogen and oxygen atoms in total. The highest BCUT2D eigenvalue weighted by molar-refractivity contribution is 9.10. The zero-order valence-electron chi connectivity index (χ0n) is 7.30. The van der Waals surface area contributed by atoms with E-state index in [1.165, 1.54) is 0 Å². The van der Waals surface area contributed by atoms with Crippen LogP contribution in [0.3, 0.4) is 0 Å². The molecule has 0 spiro atoms. The maximum Gasteiger partial charge on any atom is 0.173 e. The molecule has 0 aliphatic rings. The number of halogens is 1. The molecule has 0 aliphatic heterocycles. The Kier molecular flexibility index (Phi) is 3.31. The first kappa shape index (κ1) is 9.77. The van der Waals surface area contributed by atoms with E-state index < -0.39 is 0 Å². The maximum atomic E-state index is 5.43. The van der Waals surface area contributed by atoms with Gasteiger partial charge in [-0.25, -0.2) is 0 Å². The Morgan fingerprint density at radius 1 is 1.58 bits per heavy atom. The van der Waals surface area contributed by atoms with Gasteiger partial charge in [-0.1, -0.05) is 0 Å². The first-order chi connectivity index (χ1) is 5.63. The molecule has 68 valence electrons. The predicted octanol–water partition coefficient (Wildman–Crippen LogP) is 1.56. The monoisotopic (exact) mass is 232 g/mol. The lowest BCUT2D eigenvalue weighted by Crippen LogP contribution is -2.10. The molecular weight excluding hydrogens is 220 g/mol. The largest absolute Gasteiger partial charge is 0.453 e. The molecule has 0 aromatic carbocycles. The van der Waals surface area contributed by atoms with Crippen molar-refractivity contribution in [2.24, 2.45) is 5.73 Å². The molecule has 12 heavy (non-hydrogen) atoms. The fourth-order valence-corrected chi connectivity index (χ4v) is 1.46. The summed E-state index contributed by atoms with van der Waals surface area (Å²) < 4.78 is 6.12. The second-order valence-electron chi connectivity index (χ2n) is 2.95. The highest BCUT2D eigenvalue weighted by atomic mass is 79.9. The number of hydrogen-bond donors (Lipinski definition) is 1. The summed E-state index contributed by atoms with van der Waals surface area (Å²) in [5.74, 6) is 0.818. The Morgan fingerprint density at radius 3 is 2.67 bits per heavy atom. The van der Waals surface area contributed by atoms with Gasteiger partial charge >= 0.3 is 0 Å². The fraction of sp³-hybridized carbons (Fsp3) is 0.500. The molecule has 1 rings (SSSR count). The number of nitrogens with zero attached hydrogens (tertiary/aromatic N) is 1. The molecule has 1 aromatic rings. The van der Waals surface area contributed by atoms with Crippen LogP contribution in [-0.4, -0.2) is 19.0 Å². The minimum atomic E-state index is 0.450. The van der Waals surface area contributed by atoms with Gasteiger partial charge in [-0.05, 0) is 36.1 Å². The first-order valence-corrected chi connectivity index (χ1v) is 4.54. The number of hydrogen-bond acceptors (Lipinski definition) is 3. The lowest BCUT2D eigenvalue weighted by atomic mass is 10.3. The summed E-state index contributed by atoms with van der Waals surface area (Å²) in [4.78, 5) is 2.08. The van der Waals surface area contributed by atoms with Gasteiger partial charge in [0.1, 0.15) is 5.76 Å². The molecule has 1 aromatic heterocycles. The molecule has 0 aliphatic carbocycles. The topological polar surface area (TPSA) is 42.4 Å². The summed E-state index contributed by atoms with van der Waals surface area (Å²) in [5.41, 5.74) is 6.57. The molecule has 0 bridgehead atoms. The highest BCUT2D eigenvalue weighted by Crippen LogP contribution is 2.22. The molecule has 0 fully saturated rings. The van der Waals surface area contributed by atoms with Crippen molar-refractivity contribution in [1.29, 1.82) is 0 Å². The lowest BCUT2D eigenvalue weighted by molar-refractivity contribution is 0.396. The van der Waals surface area contributed by atoms with E-state index >= 15 is 0 Å². The molecule has 0 unspecified atom stereocenters. The van der Waals surface area contributed by atoms with Crippen LogP contribution in [0.15, 0.2) is 15.2 Å². The van der Waals surface area contributed by atoms with Crippen molar-refractivity contribution < 1.29 is 4.42 Å². The second kappa shape index (κ2) is 4.07. The fourth-order valence-electron chi connectivity index (χ4n) is 1.01. The van der Waals surface area contributed by atoms with Crippen LogP contribution < -0.4 is 5.73 Å². The van der Waals surface area contributed by atoms with Crippen molar-refractivity contribution in [1.82, 2.24) is 4.90 Å².